The van der Waals surface area contributed by atoms with Crippen LogP contribution in [0.2, 0.25) is 0 Å². The highest BCUT2D eigenvalue weighted by atomic mass is 16.5. The van der Waals surface area contributed by atoms with Crippen molar-refractivity contribution in [1.29, 1.82) is 0 Å². The van der Waals surface area contributed by atoms with Gasteiger partial charge in [0.2, 0.25) is 0 Å². The molecular formula is C11H24NO2+. The molecule has 0 N–H and O–H groups in total. The molecule has 0 aliphatic heterocycles. The Labute approximate surface area is 87.6 Å². The van der Waals surface area contributed by atoms with E-state index in [1.54, 1.807) is 0 Å². The van der Waals surface area contributed by atoms with Crippen LogP contribution >= 0.6 is 0 Å². The maximum absolute atomic E-state index is 11.4. The van der Waals surface area contributed by atoms with E-state index >= 15 is 0 Å². The van der Waals surface area contributed by atoms with Crippen LogP contribution in [0.4, 0.5) is 0 Å². The van der Waals surface area contributed by atoms with Crippen LogP contribution in [0, 0.1) is 11.8 Å². The third-order valence-electron chi connectivity index (χ3n) is 2.38. The van der Waals surface area contributed by atoms with E-state index in [1.807, 2.05) is 20.8 Å². The van der Waals surface area contributed by atoms with E-state index in [0.29, 0.717) is 12.5 Å². The van der Waals surface area contributed by atoms with E-state index in [4.69, 9.17) is 4.74 Å². The van der Waals surface area contributed by atoms with E-state index in [0.717, 1.165) is 11.0 Å². The molecule has 3 heteroatoms. The van der Waals surface area contributed by atoms with Gasteiger partial charge in [0.1, 0.15) is 13.2 Å². The predicted molar refractivity (Wildman–Crippen MR) is 57.9 cm³/mol. The van der Waals surface area contributed by atoms with Gasteiger partial charge in [-0.05, 0) is 5.92 Å². The summed E-state index contributed by atoms with van der Waals surface area (Å²) in [5, 5.41) is 0. The fraction of sp³-hybridized carbons (Fsp3) is 0.909. The zero-order valence-corrected chi connectivity index (χ0v) is 10.3. The number of hydrogen-bond donors (Lipinski definition) is 0. The Kier molecular flexibility index (Phi) is 5.13. The van der Waals surface area contributed by atoms with Crippen LogP contribution in [0.15, 0.2) is 0 Å². The SMILES string of the molecule is CC(C)C(C)C(=O)OCC[N+](C)(C)C. The smallest absolute Gasteiger partial charge is 0.309 e. The molecule has 0 rings (SSSR count). The number of ether oxygens (including phenoxy) is 1. The summed E-state index contributed by atoms with van der Waals surface area (Å²) in [5.74, 6) is 0.280. The first-order valence-corrected chi connectivity index (χ1v) is 5.21. The summed E-state index contributed by atoms with van der Waals surface area (Å²) in [6.07, 6.45) is 0. The molecule has 0 aromatic heterocycles. The summed E-state index contributed by atoms with van der Waals surface area (Å²) in [4.78, 5) is 11.4. The van der Waals surface area contributed by atoms with E-state index in [2.05, 4.69) is 21.1 Å². The van der Waals surface area contributed by atoms with Gasteiger partial charge in [-0.15, -0.1) is 0 Å². The summed E-state index contributed by atoms with van der Waals surface area (Å²) in [7, 11) is 6.25. The fourth-order valence-corrected chi connectivity index (χ4v) is 0.824. The number of esters is 1. The summed E-state index contributed by atoms with van der Waals surface area (Å²) >= 11 is 0. The van der Waals surface area contributed by atoms with Crippen molar-refractivity contribution in [1.82, 2.24) is 0 Å². The maximum Gasteiger partial charge on any atom is 0.309 e. The molecule has 1 atom stereocenters. The van der Waals surface area contributed by atoms with Crippen LogP contribution in [-0.2, 0) is 9.53 Å². The van der Waals surface area contributed by atoms with Gasteiger partial charge in [-0.3, -0.25) is 4.79 Å². The third-order valence-corrected chi connectivity index (χ3v) is 2.38. The Morgan fingerprint density at radius 3 is 2.07 bits per heavy atom. The lowest BCUT2D eigenvalue weighted by atomic mass is 9.99. The second-order valence-electron chi connectivity index (χ2n) is 5.21. The number of hydrogen-bond acceptors (Lipinski definition) is 2. The highest BCUT2D eigenvalue weighted by Crippen LogP contribution is 2.11. The minimum absolute atomic E-state index is 0.00229. The van der Waals surface area contributed by atoms with Gasteiger partial charge in [0.05, 0.1) is 27.1 Å². The van der Waals surface area contributed by atoms with Crippen molar-refractivity contribution in [3.05, 3.63) is 0 Å². The molecule has 0 amide bonds. The van der Waals surface area contributed by atoms with Gasteiger partial charge in [0.25, 0.3) is 0 Å². The number of quaternary nitrogens is 1. The van der Waals surface area contributed by atoms with Gasteiger partial charge in [-0.1, -0.05) is 20.8 Å². The minimum Gasteiger partial charge on any atom is -0.459 e. The van der Waals surface area contributed by atoms with Gasteiger partial charge >= 0.3 is 5.97 Å². The van der Waals surface area contributed by atoms with Crippen molar-refractivity contribution in [2.45, 2.75) is 20.8 Å². The number of likely N-dealkylation sites (N-methyl/N-ethyl adjacent to an activating group) is 1. The van der Waals surface area contributed by atoms with Gasteiger partial charge in [0.15, 0.2) is 0 Å². The molecule has 0 fully saturated rings. The highest BCUT2D eigenvalue weighted by molar-refractivity contribution is 5.72. The Bertz CT molecular complexity index is 182. The molecule has 0 aromatic carbocycles. The molecule has 0 saturated heterocycles. The molecule has 14 heavy (non-hydrogen) atoms. The average molecular weight is 202 g/mol. The Morgan fingerprint density at radius 1 is 1.21 bits per heavy atom. The van der Waals surface area contributed by atoms with Crippen molar-refractivity contribution < 1.29 is 14.0 Å². The number of rotatable bonds is 5. The first-order valence-electron chi connectivity index (χ1n) is 5.21. The number of carbonyl (C=O) groups is 1. The Hall–Kier alpha value is -0.570. The van der Waals surface area contributed by atoms with E-state index in [1.165, 1.54) is 0 Å². The van der Waals surface area contributed by atoms with Gasteiger partial charge in [0, 0.05) is 0 Å². The molecule has 3 nitrogen and oxygen atoms in total. The highest BCUT2D eigenvalue weighted by Gasteiger charge is 2.18. The lowest BCUT2D eigenvalue weighted by Gasteiger charge is -2.24. The van der Waals surface area contributed by atoms with Crippen molar-refractivity contribution in [3.8, 4) is 0 Å². The normalized spacial score (nSPS) is 14.2. The molecular weight excluding hydrogens is 178 g/mol. The molecule has 1 unspecified atom stereocenters. The van der Waals surface area contributed by atoms with Gasteiger partial charge in [-0.25, -0.2) is 0 Å². The Balaban J connectivity index is 3.75. The maximum atomic E-state index is 11.4. The monoisotopic (exact) mass is 202 g/mol. The van der Waals surface area contributed by atoms with Gasteiger partial charge in [-0.2, -0.15) is 0 Å². The van der Waals surface area contributed by atoms with E-state index in [9.17, 15) is 4.79 Å². The minimum atomic E-state index is -0.0755. The first-order chi connectivity index (χ1) is 6.24. The van der Waals surface area contributed by atoms with E-state index in [-0.39, 0.29) is 11.9 Å². The second kappa shape index (κ2) is 5.35. The summed E-state index contributed by atoms with van der Waals surface area (Å²) < 4.78 is 6.01. The topological polar surface area (TPSA) is 26.3 Å². The van der Waals surface area contributed by atoms with Crippen molar-refractivity contribution >= 4 is 5.97 Å². The number of nitrogens with zero attached hydrogens (tertiary/aromatic N) is 1. The summed E-state index contributed by atoms with van der Waals surface area (Å²) in [5.41, 5.74) is 0. The van der Waals surface area contributed by atoms with Gasteiger partial charge < -0.3 is 9.22 Å². The Morgan fingerprint density at radius 2 is 1.71 bits per heavy atom. The molecule has 84 valence electrons. The summed E-state index contributed by atoms with van der Waals surface area (Å²) in [6.45, 7) is 7.35. The zero-order chi connectivity index (χ0) is 11.4. The molecule has 0 aliphatic carbocycles. The van der Waals surface area contributed by atoms with Crippen molar-refractivity contribution in [2.75, 3.05) is 34.3 Å². The molecule has 0 aromatic rings. The standard InChI is InChI=1S/C11H24NO2/c1-9(2)10(3)11(13)14-8-7-12(4,5)6/h9-10H,7-8H2,1-6H3/q+1. The van der Waals surface area contributed by atoms with E-state index < -0.39 is 0 Å². The molecule has 0 spiro atoms. The lowest BCUT2D eigenvalue weighted by molar-refractivity contribution is -0.870. The van der Waals surface area contributed by atoms with Crippen LogP contribution in [0.25, 0.3) is 0 Å². The first kappa shape index (κ1) is 13.4. The molecule has 0 saturated carbocycles. The third kappa shape index (κ3) is 5.97. The van der Waals surface area contributed by atoms with Crippen LogP contribution in [-0.4, -0.2) is 44.7 Å². The molecule has 0 bridgehead atoms. The van der Waals surface area contributed by atoms with Crippen molar-refractivity contribution in [3.63, 3.8) is 0 Å². The molecule has 0 radical (unpaired) electrons. The lowest BCUT2D eigenvalue weighted by Crippen LogP contribution is -2.38. The second-order valence-corrected chi connectivity index (χ2v) is 5.21. The quantitative estimate of drug-likeness (QED) is 0.499. The summed E-state index contributed by atoms with van der Waals surface area (Å²) in [6, 6.07) is 0. The number of carbonyl (C=O) groups excluding carboxylic acids is 1. The largest absolute Gasteiger partial charge is 0.459 e. The van der Waals surface area contributed by atoms with Crippen LogP contribution in [0.5, 0.6) is 0 Å². The predicted octanol–water partition coefficient (Wildman–Crippen LogP) is 1.53. The van der Waals surface area contributed by atoms with Crippen LogP contribution < -0.4 is 0 Å². The fourth-order valence-electron chi connectivity index (χ4n) is 0.824. The van der Waals surface area contributed by atoms with Crippen molar-refractivity contribution in [2.24, 2.45) is 11.8 Å². The molecule has 0 heterocycles. The van der Waals surface area contributed by atoms with Crippen LogP contribution in [0.1, 0.15) is 20.8 Å². The average Bonchev–Trinajstić information content (AvgIpc) is 2.00. The zero-order valence-electron chi connectivity index (χ0n) is 10.3. The van der Waals surface area contributed by atoms with Crippen LogP contribution in [0.3, 0.4) is 0 Å². The molecule has 0 aliphatic rings.